The molecule has 2 unspecified atom stereocenters. The molecule has 0 radical (unpaired) electrons. The highest BCUT2D eigenvalue weighted by Crippen LogP contribution is 2.28. The van der Waals surface area contributed by atoms with E-state index >= 15 is 0 Å². The summed E-state index contributed by atoms with van der Waals surface area (Å²) in [5.41, 5.74) is 0.704. The number of nitrogens with zero attached hydrogens (tertiary/aromatic N) is 1. The molecule has 0 aromatic heterocycles. The molecule has 1 aliphatic carbocycles. The fraction of sp³-hybridized carbons (Fsp3) is 0.500. The molecule has 3 nitrogen and oxygen atoms in total. The number of carbonyl (C=O) groups is 1. The van der Waals surface area contributed by atoms with E-state index in [9.17, 15) is 4.79 Å². The lowest BCUT2D eigenvalue weighted by Crippen LogP contribution is -2.57. The molecule has 3 rings (SSSR count). The summed E-state index contributed by atoms with van der Waals surface area (Å²) in [4.78, 5) is 14.6. The fourth-order valence-electron chi connectivity index (χ4n) is 3.13. The van der Waals surface area contributed by atoms with Gasteiger partial charge in [-0.05, 0) is 37.5 Å². The van der Waals surface area contributed by atoms with Crippen molar-refractivity contribution in [3.05, 3.63) is 34.9 Å². The van der Waals surface area contributed by atoms with Crippen molar-refractivity contribution in [2.45, 2.75) is 31.3 Å². The number of piperazine rings is 1. The Hall–Kier alpha value is -1.06. The lowest BCUT2D eigenvalue weighted by molar-refractivity contribution is 0.0599. The average Bonchev–Trinajstić information content (AvgIpc) is 2.86. The van der Waals surface area contributed by atoms with Crippen molar-refractivity contribution < 1.29 is 4.79 Å². The van der Waals surface area contributed by atoms with Crippen molar-refractivity contribution in [3.63, 3.8) is 0 Å². The van der Waals surface area contributed by atoms with Crippen LogP contribution in [0.1, 0.15) is 29.6 Å². The van der Waals surface area contributed by atoms with Gasteiger partial charge in [-0.2, -0.15) is 0 Å². The van der Waals surface area contributed by atoms with Crippen LogP contribution in [0.2, 0.25) is 5.02 Å². The lowest BCUT2D eigenvalue weighted by Gasteiger charge is -2.38. The van der Waals surface area contributed by atoms with Crippen LogP contribution in [-0.4, -0.2) is 36.0 Å². The molecular weight excluding hydrogens is 248 g/mol. The zero-order valence-corrected chi connectivity index (χ0v) is 11.0. The Morgan fingerprint density at radius 1 is 1.39 bits per heavy atom. The summed E-state index contributed by atoms with van der Waals surface area (Å²) in [6, 6.07) is 8.10. The predicted octanol–water partition coefficient (Wildman–Crippen LogP) is 2.31. The van der Waals surface area contributed by atoms with Crippen molar-refractivity contribution in [3.8, 4) is 0 Å². The largest absolute Gasteiger partial charge is 0.333 e. The summed E-state index contributed by atoms with van der Waals surface area (Å²) in [5.74, 6) is 0.121. The molecular formula is C14H17ClN2O. The van der Waals surface area contributed by atoms with Gasteiger partial charge in [0.15, 0.2) is 0 Å². The number of rotatable bonds is 1. The summed E-state index contributed by atoms with van der Waals surface area (Å²) in [6.07, 6.45) is 3.51. The summed E-state index contributed by atoms with van der Waals surface area (Å²) in [7, 11) is 0. The Morgan fingerprint density at radius 3 is 3.11 bits per heavy atom. The number of hydrogen-bond donors (Lipinski definition) is 1. The SMILES string of the molecule is O=C(c1cccc(Cl)c1)N1CCNC2CCCC21. The molecule has 0 spiro atoms. The van der Waals surface area contributed by atoms with E-state index in [0.717, 1.165) is 19.5 Å². The second kappa shape index (κ2) is 4.90. The Kier molecular flexibility index (Phi) is 3.27. The highest BCUT2D eigenvalue weighted by molar-refractivity contribution is 6.30. The van der Waals surface area contributed by atoms with Gasteiger partial charge in [-0.25, -0.2) is 0 Å². The van der Waals surface area contributed by atoms with Gasteiger partial charge in [0, 0.05) is 35.8 Å². The van der Waals surface area contributed by atoms with E-state index in [1.54, 1.807) is 12.1 Å². The maximum absolute atomic E-state index is 12.5. The second-order valence-electron chi connectivity index (χ2n) is 5.07. The molecule has 2 atom stereocenters. The summed E-state index contributed by atoms with van der Waals surface area (Å²) in [6.45, 7) is 1.69. The molecule has 1 aromatic rings. The van der Waals surface area contributed by atoms with E-state index in [2.05, 4.69) is 5.32 Å². The average molecular weight is 265 g/mol. The normalized spacial score (nSPS) is 27.1. The van der Waals surface area contributed by atoms with E-state index in [0.29, 0.717) is 22.7 Å². The number of carbonyl (C=O) groups excluding carboxylic acids is 1. The van der Waals surface area contributed by atoms with Crippen molar-refractivity contribution in [2.24, 2.45) is 0 Å². The Labute approximate surface area is 112 Å². The zero-order valence-electron chi connectivity index (χ0n) is 10.2. The lowest BCUT2D eigenvalue weighted by atomic mass is 10.1. The Morgan fingerprint density at radius 2 is 2.28 bits per heavy atom. The van der Waals surface area contributed by atoms with Gasteiger partial charge in [-0.1, -0.05) is 17.7 Å². The summed E-state index contributed by atoms with van der Waals surface area (Å²) in [5, 5.41) is 4.13. The minimum absolute atomic E-state index is 0.121. The number of benzene rings is 1. The van der Waals surface area contributed by atoms with Crippen LogP contribution >= 0.6 is 11.6 Å². The van der Waals surface area contributed by atoms with Gasteiger partial charge in [0.1, 0.15) is 0 Å². The van der Waals surface area contributed by atoms with Crippen LogP contribution in [0.25, 0.3) is 0 Å². The summed E-state index contributed by atoms with van der Waals surface area (Å²) >= 11 is 5.96. The third-order valence-corrected chi connectivity index (χ3v) is 4.21. The maximum Gasteiger partial charge on any atom is 0.254 e. The highest BCUT2D eigenvalue weighted by atomic mass is 35.5. The Bertz CT molecular complexity index is 463. The first kappa shape index (κ1) is 12.0. The number of halogens is 1. The molecule has 2 aliphatic rings. The molecule has 4 heteroatoms. The predicted molar refractivity (Wildman–Crippen MR) is 71.9 cm³/mol. The topological polar surface area (TPSA) is 32.3 Å². The van der Waals surface area contributed by atoms with Crippen LogP contribution in [0.15, 0.2) is 24.3 Å². The quantitative estimate of drug-likeness (QED) is 0.844. The first-order chi connectivity index (χ1) is 8.75. The third-order valence-electron chi connectivity index (χ3n) is 3.97. The molecule has 1 amide bonds. The first-order valence-corrected chi connectivity index (χ1v) is 6.93. The fourth-order valence-corrected chi connectivity index (χ4v) is 3.32. The van der Waals surface area contributed by atoms with E-state index in [-0.39, 0.29) is 5.91 Å². The zero-order chi connectivity index (χ0) is 12.5. The monoisotopic (exact) mass is 264 g/mol. The molecule has 1 saturated heterocycles. The van der Waals surface area contributed by atoms with Gasteiger partial charge in [-0.15, -0.1) is 0 Å². The van der Waals surface area contributed by atoms with Crippen molar-refractivity contribution in [2.75, 3.05) is 13.1 Å². The number of nitrogens with one attached hydrogen (secondary N) is 1. The molecule has 1 aliphatic heterocycles. The summed E-state index contributed by atoms with van der Waals surface area (Å²) < 4.78 is 0. The van der Waals surface area contributed by atoms with Crippen molar-refractivity contribution in [1.82, 2.24) is 10.2 Å². The number of hydrogen-bond acceptors (Lipinski definition) is 2. The van der Waals surface area contributed by atoms with Gasteiger partial charge in [0.2, 0.25) is 0 Å². The van der Waals surface area contributed by atoms with Crippen LogP contribution < -0.4 is 5.32 Å². The minimum atomic E-state index is 0.121. The highest BCUT2D eigenvalue weighted by Gasteiger charge is 2.37. The maximum atomic E-state index is 12.5. The molecule has 1 N–H and O–H groups in total. The molecule has 96 valence electrons. The standard InChI is InChI=1S/C14H17ClN2O/c15-11-4-1-3-10(9-11)14(18)17-8-7-16-12-5-2-6-13(12)17/h1,3-4,9,12-13,16H,2,5-8H2. The van der Waals surface area contributed by atoms with Gasteiger partial charge in [0.25, 0.3) is 5.91 Å². The number of amides is 1. The van der Waals surface area contributed by atoms with E-state index in [4.69, 9.17) is 11.6 Å². The van der Waals surface area contributed by atoms with Gasteiger partial charge in [-0.3, -0.25) is 4.79 Å². The minimum Gasteiger partial charge on any atom is -0.333 e. The number of fused-ring (bicyclic) bond motifs is 1. The molecule has 0 bridgehead atoms. The Balaban J connectivity index is 1.83. The van der Waals surface area contributed by atoms with Crippen molar-refractivity contribution in [1.29, 1.82) is 0 Å². The van der Waals surface area contributed by atoms with Crippen LogP contribution in [0.5, 0.6) is 0 Å². The van der Waals surface area contributed by atoms with Gasteiger partial charge < -0.3 is 10.2 Å². The third kappa shape index (κ3) is 2.13. The van der Waals surface area contributed by atoms with Gasteiger partial charge >= 0.3 is 0 Å². The van der Waals surface area contributed by atoms with Crippen LogP contribution in [-0.2, 0) is 0 Å². The molecule has 2 fully saturated rings. The molecule has 1 aromatic carbocycles. The molecule has 18 heavy (non-hydrogen) atoms. The van der Waals surface area contributed by atoms with E-state index in [1.165, 1.54) is 12.8 Å². The van der Waals surface area contributed by atoms with E-state index < -0.39 is 0 Å². The first-order valence-electron chi connectivity index (χ1n) is 6.55. The van der Waals surface area contributed by atoms with Crippen LogP contribution in [0.3, 0.4) is 0 Å². The van der Waals surface area contributed by atoms with E-state index in [1.807, 2.05) is 17.0 Å². The molecule has 1 heterocycles. The second-order valence-corrected chi connectivity index (χ2v) is 5.50. The van der Waals surface area contributed by atoms with Crippen molar-refractivity contribution >= 4 is 17.5 Å². The smallest absolute Gasteiger partial charge is 0.254 e. The van der Waals surface area contributed by atoms with Crippen LogP contribution in [0, 0.1) is 0 Å². The van der Waals surface area contributed by atoms with Gasteiger partial charge in [0.05, 0.1) is 0 Å². The molecule has 1 saturated carbocycles. The van der Waals surface area contributed by atoms with Crippen LogP contribution in [0.4, 0.5) is 0 Å².